The highest BCUT2D eigenvalue weighted by molar-refractivity contribution is 7.94. The van der Waals surface area contributed by atoms with Gasteiger partial charge in [0.15, 0.2) is 27.5 Å². The van der Waals surface area contributed by atoms with E-state index in [1.807, 2.05) is 13.0 Å². The monoisotopic (exact) mass is 519 g/mol. The van der Waals surface area contributed by atoms with Gasteiger partial charge in [0.2, 0.25) is 10.0 Å². The standard InChI is InChI=1S/C20H21N7O4S3/c1-10-2-3-13(16-17(10)32-20(21)26-16)12-4-5-14(33(28,29)11-6-7-23-8-11)18(34(22,30)31)15(12)19-24-9-25-27-19/h2-5,11,23H,6-9H2,1H3,(H2,21,26)(H2,22,30,31)/t11-/m0/s1. The first kappa shape index (κ1) is 23.0. The molecular weight excluding hydrogens is 498 g/mol. The van der Waals surface area contributed by atoms with Gasteiger partial charge in [-0.25, -0.2) is 32.0 Å². The van der Waals surface area contributed by atoms with Gasteiger partial charge >= 0.3 is 0 Å². The first-order valence-electron chi connectivity index (χ1n) is 10.3. The molecule has 0 bridgehead atoms. The maximum atomic E-state index is 13.5. The van der Waals surface area contributed by atoms with E-state index in [1.54, 1.807) is 12.1 Å². The van der Waals surface area contributed by atoms with Crippen LogP contribution in [0.5, 0.6) is 0 Å². The fourth-order valence-electron chi connectivity index (χ4n) is 4.31. The van der Waals surface area contributed by atoms with E-state index in [9.17, 15) is 16.8 Å². The molecular formula is C20H21N7O4S3. The van der Waals surface area contributed by atoms with Crippen molar-refractivity contribution >= 4 is 52.4 Å². The molecule has 1 fully saturated rings. The Morgan fingerprint density at radius 2 is 1.88 bits per heavy atom. The maximum Gasteiger partial charge on any atom is 0.240 e. The van der Waals surface area contributed by atoms with E-state index in [4.69, 9.17) is 10.9 Å². The van der Waals surface area contributed by atoms with Crippen molar-refractivity contribution in [3.63, 3.8) is 0 Å². The van der Waals surface area contributed by atoms with Crippen molar-refractivity contribution in [1.29, 1.82) is 0 Å². The lowest BCUT2D eigenvalue weighted by Crippen LogP contribution is -2.28. The Kier molecular flexibility index (Phi) is 5.52. The Bertz CT molecular complexity index is 1600. The van der Waals surface area contributed by atoms with E-state index < -0.39 is 30.0 Å². The van der Waals surface area contributed by atoms with Crippen LogP contribution in [0.4, 0.5) is 5.13 Å². The summed E-state index contributed by atoms with van der Waals surface area (Å²) in [5, 5.41) is 16.1. The third-order valence-electron chi connectivity index (χ3n) is 5.89. The van der Waals surface area contributed by atoms with Gasteiger partial charge in [-0.2, -0.15) is 5.11 Å². The van der Waals surface area contributed by atoms with Crippen LogP contribution in [0.1, 0.15) is 17.5 Å². The van der Waals surface area contributed by atoms with E-state index in [0.717, 1.165) is 10.3 Å². The lowest BCUT2D eigenvalue weighted by molar-refractivity contribution is 0.574. The summed E-state index contributed by atoms with van der Waals surface area (Å²) in [6.45, 7) is 2.66. The van der Waals surface area contributed by atoms with Gasteiger partial charge in [0.25, 0.3) is 0 Å². The zero-order valence-corrected chi connectivity index (χ0v) is 20.5. The lowest BCUT2D eigenvalue weighted by Gasteiger charge is -2.19. The smallest absolute Gasteiger partial charge is 0.240 e. The zero-order chi connectivity index (χ0) is 24.3. The molecule has 2 aliphatic heterocycles. The number of nitrogens with two attached hydrogens (primary N) is 2. The van der Waals surface area contributed by atoms with E-state index in [0.29, 0.717) is 34.7 Å². The van der Waals surface area contributed by atoms with Crippen molar-refractivity contribution in [2.75, 3.05) is 25.5 Å². The van der Waals surface area contributed by atoms with Crippen molar-refractivity contribution in [2.24, 2.45) is 20.4 Å². The Labute approximate surface area is 200 Å². The molecule has 1 atom stereocenters. The second-order valence-electron chi connectivity index (χ2n) is 8.04. The Hall–Kier alpha value is -2.78. The second-order valence-corrected chi connectivity index (χ2v) is 12.8. The molecule has 0 radical (unpaired) electrons. The number of hydrogen-bond acceptors (Lipinski definition) is 11. The number of fused-ring (bicyclic) bond motifs is 1. The van der Waals surface area contributed by atoms with Crippen LogP contribution < -0.4 is 16.2 Å². The molecule has 1 aromatic heterocycles. The molecule has 3 aromatic rings. The first-order chi connectivity index (χ1) is 16.1. The summed E-state index contributed by atoms with van der Waals surface area (Å²) in [6.07, 6.45) is 0.362. The Morgan fingerprint density at radius 1 is 1.12 bits per heavy atom. The molecule has 2 aliphatic rings. The molecule has 178 valence electrons. The van der Waals surface area contributed by atoms with Crippen molar-refractivity contribution in [1.82, 2.24) is 10.3 Å². The fraction of sp³-hybridized carbons (Fsp3) is 0.300. The van der Waals surface area contributed by atoms with Crippen LogP contribution in [0.3, 0.4) is 0 Å². The van der Waals surface area contributed by atoms with Crippen LogP contribution in [-0.4, -0.2) is 52.7 Å². The number of azo groups is 1. The summed E-state index contributed by atoms with van der Waals surface area (Å²) in [4.78, 5) is 7.74. The molecule has 0 unspecified atom stereocenters. The van der Waals surface area contributed by atoms with Crippen molar-refractivity contribution in [3.8, 4) is 11.1 Å². The Morgan fingerprint density at radius 3 is 2.53 bits per heavy atom. The van der Waals surface area contributed by atoms with E-state index in [-0.39, 0.29) is 29.5 Å². The number of aromatic nitrogens is 1. The number of nitrogen functional groups attached to an aromatic ring is 1. The summed E-state index contributed by atoms with van der Waals surface area (Å²) in [7, 11) is -8.56. The van der Waals surface area contributed by atoms with Crippen LogP contribution in [0, 0.1) is 6.92 Å². The molecule has 1 saturated heterocycles. The lowest BCUT2D eigenvalue weighted by atomic mass is 9.97. The predicted octanol–water partition coefficient (Wildman–Crippen LogP) is 1.81. The van der Waals surface area contributed by atoms with Gasteiger partial charge in [-0.15, -0.1) is 5.11 Å². The summed E-state index contributed by atoms with van der Waals surface area (Å²) >= 11 is 1.31. The van der Waals surface area contributed by atoms with Gasteiger partial charge in [-0.1, -0.05) is 29.5 Å². The number of sulfonamides is 1. The van der Waals surface area contributed by atoms with Gasteiger partial charge in [-0.3, -0.25) is 0 Å². The topological polar surface area (TPSA) is 182 Å². The normalized spacial score (nSPS) is 18.6. The number of amidine groups is 1. The number of nitrogens with one attached hydrogen (secondary N) is 1. The number of thiazole rings is 1. The molecule has 0 amide bonds. The molecule has 2 aromatic carbocycles. The van der Waals surface area contributed by atoms with Crippen LogP contribution in [0.25, 0.3) is 21.3 Å². The van der Waals surface area contributed by atoms with Crippen LogP contribution in [0.2, 0.25) is 0 Å². The molecule has 14 heteroatoms. The van der Waals surface area contributed by atoms with Gasteiger partial charge in [0.1, 0.15) is 4.90 Å². The van der Waals surface area contributed by atoms with E-state index in [2.05, 4.69) is 25.5 Å². The number of aryl methyl sites for hydroxylation is 1. The number of primary sulfonamides is 1. The summed E-state index contributed by atoms with van der Waals surface area (Å²) < 4.78 is 53.7. The third kappa shape index (κ3) is 3.71. The molecule has 34 heavy (non-hydrogen) atoms. The fourth-order valence-corrected chi connectivity index (χ4v) is 8.42. The summed E-state index contributed by atoms with van der Waals surface area (Å²) in [5.74, 6) is -0.00227. The number of sulfone groups is 1. The minimum atomic E-state index is -4.53. The van der Waals surface area contributed by atoms with Crippen LogP contribution in [-0.2, 0) is 19.9 Å². The maximum absolute atomic E-state index is 13.5. The SMILES string of the molecule is Cc1ccc(-c2ccc(S(=O)(=O)[C@H]3CCNC3)c(S(N)(=O)=O)c2C2=NCN=N2)c2nc(N)sc12. The van der Waals surface area contributed by atoms with Gasteiger partial charge < -0.3 is 11.1 Å². The van der Waals surface area contributed by atoms with Crippen molar-refractivity contribution < 1.29 is 16.8 Å². The molecule has 0 aliphatic carbocycles. The summed E-state index contributed by atoms with van der Waals surface area (Å²) in [5.41, 5.74) is 8.41. The molecule has 5 N–H and O–H groups in total. The second kappa shape index (κ2) is 8.16. The number of anilines is 1. The van der Waals surface area contributed by atoms with Crippen LogP contribution in [0.15, 0.2) is 49.3 Å². The van der Waals surface area contributed by atoms with E-state index in [1.165, 1.54) is 17.4 Å². The minimum absolute atomic E-state index is 0.00227. The van der Waals surface area contributed by atoms with Gasteiger partial charge in [0, 0.05) is 12.1 Å². The zero-order valence-electron chi connectivity index (χ0n) is 18.0. The third-order valence-corrected chi connectivity index (χ3v) is 10.3. The van der Waals surface area contributed by atoms with Gasteiger partial charge in [-0.05, 0) is 37.1 Å². The van der Waals surface area contributed by atoms with Crippen molar-refractivity contribution in [3.05, 3.63) is 35.4 Å². The molecule has 0 spiro atoms. The van der Waals surface area contributed by atoms with Gasteiger partial charge in [0.05, 0.1) is 25.9 Å². The summed E-state index contributed by atoms with van der Waals surface area (Å²) in [6, 6.07) is 6.49. The number of aliphatic imine (C=N–C) groups is 1. The highest BCUT2D eigenvalue weighted by Gasteiger charge is 2.38. The first-order valence-corrected chi connectivity index (χ1v) is 14.2. The predicted molar refractivity (Wildman–Crippen MR) is 130 cm³/mol. The number of hydrogen-bond donors (Lipinski definition) is 3. The highest BCUT2D eigenvalue weighted by Crippen LogP contribution is 2.41. The number of rotatable bonds is 5. The highest BCUT2D eigenvalue weighted by atomic mass is 32.2. The van der Waals surface area contributed by atoms with E-state index >= 15 is 0 Å². The van der Waals surface area contributed by atoms with Crippen molar-refractivity contribution in [2.45, 2.75) is 28.4 Å². The molecule has 0 saturated carbocycles. The number of benzene rings is 2. The average Bonchev–Trinajstić information content (AvgIpc) is 3.54. The minimum Gasteiger partial charge on any atom is -0.375 e. The average molecular weight is 520 g/mol. The quantitative estimate of drug-likeness (QED) is 0.459. The Balaban J connectivity index is 1.89. The van der Waals surface area contributed by atoms with Crippen LogP contribution >= 0.6 is 11.3 Å². The number of nitrogens with zero attached hydrogens (tertiary/aromatic N) is 4. The molecule has 11 nitrogen and oxygen atoms in total. The largest absolute Gasteiger partial charge is 0.375 e. The molecule has 3 heterocycles. The molecule has 5 rings (SSSR count).